The van der Waals surface area contributed by atoms with Crippen LogP contribution in [0.25, 0.3) is 0 Å². The third-order valence-electron chi connectivity index (χ3n) is 3.81. The van der Waals surface area contributed by atoms with Crippen molar-refractivity contribution in [3.8, 4) is 0 Å². The van der Waals surface area contributed by atoms with E-state index in [9.17, 15) is 4.79 Å². The van der Waals surface area contributed by atoms with Crippen molar-refractivity contribution in [3.05, 3.63) is 0 Å². The molecule has 0 N–H and O–H groups in total. The number of unbranched alkanes of at least 4 members (excludes halogenated alkanes) is 3. The van der Waals surface area contributed by atoms with Crippen LogP contribution in [-0.4, -0.2) is 27.5 Å². The Morgan fingerprint density at radius 1 is 1.05 bits per heavy atom. The van der Waals surface area contributed by atoms with Gasteiger partial charge in [-0.05, 0) is 32.0 Å². The number of carbonyl (C=O) groups is 1. The molecule has 0 fully saturated rings. The van der Waals surface area contributed by atoms with Gasteiger partial charge in [0.2, 0.25) is 0 Å². The minimum absolute atomic E-state index is 0.0404. The summed E-state index contributed by atoms with van der Waals surface area (Å²) < 4.78 is 10.9. The first kappa shape index (κ1) is 20.6. The van der Waals surface area contributed by atoms with Crippen LogP contribution in [-0.2, 0) is 14.0 Å². The van der Waals surface area contributed by atoms with Crippen molar-refractivity contribution >= 4 is 14.3 Å². The fraction of sp³-hybridized carbons (Fsp3) is 0.941. The SMILES string of the molecule is CCC(C)CCCCCCC(CC(=O)OC)O[Si](C)(C)C. The smallest absolute Gasteiger partial charge is 0.308 e. The molecule has 0 saturated heterocycles. The molecule has 0 aromatic carbocycles. The number of rotatable bonds is 12. The first-order chi connectivity index (χ1) is 9.78. The highest BCUT2D eigenvalue weighted by atomic mass is 28.4. The van der Waals surface area contributed by atoms with E-state index in [-0.39, 0.29) is 12.1 Å². The van der Waals surface area contributed by atoms with E-state index in [4.69, 9.17) is 9.16 Å². The van der Waals surface area contributed by atoms with E-state index in [0.29, 0.717) is 6.42 Å². The van der Waals surface area contributed by atoms with Crippen molar-refractivity contribution in [2.45, 2.75) is 91.0 Å². The molecule has 3 nitrogen and oxygen atoms in total. The predicted octanol–water partition coefficient (Wildman–Crippen LogP) is 5.16. The molecule has 0 aliphatic carbocycles. The van der Waals surface area contributed by atoms with Crippen LogP contribution in [0.3, 0.4) is 0 Å². The summed E-state index contributed by atoms with van der Waals surface area (Å²) in [6, 6.07) is 0. The summed E-state index contributed by atoms with van der Waals surface area (Å²) in [6.45, 7) is 11.1. The van der Waals surface area contributed by atoms with E-state index in [1.54, 1.807) is 0 Å². The summed E-state index contributed by atoms with van der Waals surface area (Å²) in [5.41, 5.74) is 0. The second-order valence-corrected chi connectivity index (χ2v) is 11.6. The molecule has 0 bridgehead atoms. The van der Waals surface area contributed by atoms with E-state index in [0.717, 1.165) is 18.8 Å². The third kappa shape index (κ3) is 13.1. The molecule has 4 heteroatoms. The molecule has 126 valence electrons. The monoisotopic (exact) mass is 316 g/mol. The van der Waals surface area contributed by atoms with E-state index < -0.39 is 8.32 Å². The zero-order valence-electron chi connectivity index (χ0n) is 15.0. The molecule has 0 aromatic heterocycles. The molecule has 21 heavy (non-hydrogen) atoms. The molecule has 0 spiro atoms. The minimum Gasteiger partial charge on any atom is -0.469 e. The lowest BCUT2D eigenvalue weighted by Gasteiger charge is -2.25. The lowest BCUT2D eigenvalue weighted by molar-refractivity contribution is -0.142. The third-order valence-corrected chi connectivity index (χ3v) is 4.85. The maximum atomic E-state index is 11.5. The number of methoxy groups -OCH3 is 1. The lowest BCUT2D eigenvalue weighted by Crippen LogP contribution is -2.33. The van der Waals surface area contributed by atoms with Crippen LogP contribution in [0.5, 0.6) is 0 Å². The lowest BCUT2D eigenvalue weighted by atomic mass is 9.99. The standard InChI is InChI=1S/C17H36O3Si/c1-7-15(2)12-10-8-9-11-13-16(14-17(18)19-3)20-21(4,5)6/h15-16H,7-14H2,1-6H3. The largest absolute Gasteiger partial charge is 0.469 e. The van der Waals surface area contributed by atoms with Gasteiger partial charge in [-0.3, -0.25) is 4.79 Å². The number of hydrogen-bond acceptors (Lipinski definition) is 3. The van der Waals surface area contributed by atoms with Gasteiger partial charge in [0.25, 0.3) is 0 Å². The highest BCUT2D eigenvalue weighted by Crippen LogP contribution is 2.18. The molecule has 0 saturated carbocycles. The molecule has 0 aromatic rings. The Labute approximate surface area is 132 Å². The van der Waals surface area contributed by atoms with Gasteiger partial charge in [0.15, 0.2) is 8.32 Å². The van der Waals surface area contributed by atoms with Crippen molar-refractivity contribution in [1.29, 1.82) is 0 Å². The van der Waals surface area contributed by atoms with Gasteiger partial charge in [0, 0.05) is 0 Å². The van der Waals surface area contributed by atoms with Gasteiger partial charge < -0.3 is 9.16 Å². The Morgan fingerprint density at radius 3 is 2.10 bits per heavy atom. The van der Waals surface area contributed by atoms with Crippen LogP contribution >= 0.6 is 0 Å². The van der Waals surface area contributed by atoms with Crippen LogP contribution in [0.1, 0.15) is 65.2 Å². The van der Waals surface area contributed by atoms with Gasteiger partial charge in [0.05, 0.1) is 19.6 Å². The maximum Gasteiger partial charge on any atom is 0.308 e. The molecule has 2 unspecified atom stereocenters. The minimum atomic E-state index is -1.60. The normalized spacial score (nSPS) is 14.8. The van der Waals surface area contributed by atoms with Crippen LogP contribution in [0.4, 0.5) is 0 Å². The van der Waals surface area contributed by atoms with Crippen LogP contribution in [0, 0.1) is 5.92 Å². The van der Waals surface area contributed by atoms with Gasteiger partial charge in [-0.25, -0.2) is 0 Å². The highest BCUT2D eigenvalue weighted by Gasteiger charge is 2.23. The predicted molar refractivity (Wildman–Crippen MR) is 92.0 cm³/mol. The van der Waals surface area contributed by atoms with Crippen LogP contribution in [0.15, 0.2) is 0 Å². The summed E-state index contributed by atoms with van der Waals surface area (Å²) in [5, 5.41) is 0. The van der Waals surface area contributed by atoms with Crippen molar-refractivity contribution in [1.82, 2.24) is 0 Å². The van der Waals surface area contributed by atoms with Crippen molar-refractivity contribution in [2.75, 3.05) is 7.11 Å². The average molecular weight is 317 g/mol. The molecule has 0 rings (SSSR count). The second kappa shape index (κ2) is 11.2. The summed E-state index contributed by atoms with van der Waals surface area (Å²) in [7, 11) is -0.156. The number of hydrogen-bond donors (Lipinski definition) is 0. The van der Waals surface area contributed by atoms with Gasteiger partial charge in [-0.15, -0.1) is 0 Å². The quantitative estimate of drug-likeness (QED) is 0.283. The van der Waals surface area contributed by atoms with E-state index in [2.05, 4.69) is 33.5 Å². The summed E-state index contributed by atoms with van der Waals surface area (Å²) >= 11 is 0. The molecule has 0 heterocycles. The average Bonchev–Trinajstić information content (AvgIpc) is 2.40. The van der Waals surface area contributed by atoms with E-state index >= 15 is 0 Å². The van der Waals surface area contributed by atoms with Gasteiger partial charge in [-0.2, -0.15) is 0 Å². The summed E-state index contributed by atoms with van der Waals surface area (Å²) in [6.07, 6.45) is 9.04. The molecule has 0 aliphatic rings. The van der Waals surface area contributed by atoms with Crippen LogP contribution < -0.4 is 0 Å². The maximum absolute atomic E-state index is 11.5. The van der Waals surface area contributed by atoms with E-state index in [1.807, 2.05) is 0 Å². The van der Waals surface area contributed by atoms with E-state index in [1.165, 1.54) is 39.2 Å². The zero-order chi connectivity index (χ0) is 16.3. The molecule has 2 atom stereocenters. The first-order valence-corrected chi connectivity index (χ1v) is 11.9. The van der Waals surface area contributed by atoms with Crippen LogP contribution in [0.2, 0.25) is 19.6 Å². The Morgan fingerprint density at radius 2 is 1.62 bits per heavy atom. The van der Waals surface area contributed by atoms with Crippen molar-refractivity contribution in [2.24, 2.45) is 5.92 Å². The Kier molecular flexibility index (Phi) is 11.1. The number of esters is 1. The fourth-order valence-corrected chi connectivity index (χ4v) is 3.60. The topological polar surface area (TPSA) is 35.5 Å². The molecule has 0 amide bonds. The van der Waals surface area contributed by atoms with Gasteiger partial charge in [-0.1, -0.05) is 52.4 Å². The first-order valence-electron chi connectivity index (χ1n) is 8.53. The number of ether oxygens (including phenoxy) is 1. The molecular weight excluding hydrogens is 280 g/mol. The van der Waals surface area contributed by atoms with Crippen molar-refractivity contribution in [3.63, 3.8) is 0 Å². The molecular formula is C17H36O3Si. The fourth-order valence-electron chi connectivity index (χ4n) is 2.39. The van der Waals surface area contributed by atoms with Gasteiger partial charge in [0.1, 0.15) is 0 Å². The Balaban J connectivity index is 3.93. The molecule has 0 radical (unpaired) electrons. The second-order valence-electron chi connectivity index (χ2n) is 7.14. The highest BCUT2D eigenvalue weighted by molar-refractivity contribution is 6.69. The Bertz CT molecular complexity index is 274. The Hall–Kier alpha value is -0.353. The number of carbonyl (C=O) groups excluding carboxylic acids is 1. The molecule has 0 aliphatic heterocycles. The summed E-state index contributed by atoms with van der Waals surface area (Å²) in [4.78, 5) is 11.5. The van der Waals surface area contributed by atoms with Crippen molar-refractivity contribution < 1.29 is 14.0 Å². The zero-order valence-corrected chi connectivity index (χ0v) is 16.0. The summed E-state index contributed by atoms with van der Waals surface area (Å²) in [5.74, 6) is 0.697. The van der Waals surface area contributed by atoms with Gasteiger partial charge >= 0.3 is 5.97 Å².